The van der Waals surface area contributed by atoms with Gasteiger partial charge in [0.05, 0.1) is 11.7 Å². The van der Waals surface area contributed by atoms with Crippen LogP contribution in [0.5, 0.6) is 0 Å². The Kier molecular flexibility index (Phi) is 1.79. The average Bonchev–Trinajstić information content (AvgIpc) is 2.55. The summed E-state index contributed by atoms with van der Waals surface area (Å²) in [6, 6.07) is 8.27. The van der Waals surface area contributed by atoms with Crippen LogP contribution in [0.2, 0.25) is 0 Å². The smallest absolute Gasteiger partial charge is 0.138 e. The quantitative estimate of drug-likeness (QED) is 0.623. The second-order valence-corrected chi connectivity index (χ2v) is 4.22. The van der Waals surface area contributed by atoms with Crippen molar-refractivity contribution in [3.63, 3.8) is 0 Å². The molecule has 0 amide bonds. The molecule has 0 aliphatic rings. The lowest BCUT2D eigenvalue weighted by molar-refractivity contribution is 0.976. The molecule has 0 aliphatic heterocycles. The van der Waals surface area contributed by atoms with Crippen molar-refractivity contribution in [3.05, 3.63) is 35.1 Å². The van der Waals surface area contributed by atoms with Gasteiger partial charge >= 0.3 is 0 Å². The Labute approximate surface area is 94.9 Å². The number of hydrogen-bond donors (Lipinski definition) is 0. The van der Waals surface area contributed by atoms with Crippen LogP contribution in [-0.4, -0.2) is 14.8 Å². The van der Waals surface area contributed by atoms with Gasteiger partial charge in [-0.1, -0.05) is 18.2 Å². The zero-order chi connectivity index (χ0) is 10.4. The molecule has 3 aromatic rings. The molecule has 0 spiro atoms. The summed E-state index contributed by atoms with van der Waals surface area (Å²) in [5.74, 6) is 0. The number of hydrogen-bond acceptors (Lipinski definition) is 2. The van der Waals surface area contributed by atoms with Crippen LogP contribution in [0.4, 0.5) is 0 Å². The van der Waals surface area contributed by atoms with Gasteiger partial charge < -0.3 is 4.57 Å². The maximum atomic E-state index is 4.02. The first-order valence-electron chi connectivity index (χ1n) is 4.63. The van der Waals surface area contributed by atoms with Crippen molar-refractivity contribution in [3.8, 4) is 0 Å². The van der Waals surface area contributed by atoms with Crippen molar-refractivity contribution in [1.82, 2.24) is 14.8 Å². The van der Waals surface area contributed by atoms with E-state index >= 15 is 0 Å². The molecule has 15 heavy (non-hydrogen) atoms. The molecule has 0 aliphatic carbocycles. The Morgan fingerprint density at radius 2 is 2.00 bits per heavy atom. The van der Waals surface area contributed by atoms with Crippen LogP contribution >= 0.6 is 15.9 Å². The number of aromatic nitrogens is 3. The van der Waals surface area contributed by atoms with Crippen LogP contribution in [-0.2, 0) is 7.05 Å². The standard InChI is InChI=1S/C11H8BrN3/c1-15-8-5-3-2-4-7(8)10-9(15)6-13-14-11(10)12/h2-6H,1H3. The van der Waals surface area contributed by atoms with Gasteiger partial charge in [-0.25, -0.2) is 0 Å². The molecule has 3 rings (SSSR count). The van der Waals surface area contributed by atoms with Crippen molar-refractivity contribution in [2.45, 2.75) is 0 Å². The predicted octanol–water partition coefficient (Wildman–Crippen LogP) is 2.88. The first-order valence-corrected chi connectivity index (χ1v) is 5.42. The van der Waals surface area contributed by atoms with E-state index in [1.54, 1.807) is 6.20 Å². The summed E-state index contributed by atoms with van der Waals surface area (Å²) in [7, 11) is 2.04. The molecule has 74 valence electrons. The van der Waals surface area contributed by atoms with Crippen LogP contribution in [0.25, 0.3) is 21.8 Å². The summed E-state index contributed by atoms with van der Waals surface area (Å²) in [6.45, 7) is 0. The predicted molar refractivity (Wildman–Crippen MR) is 63.7 cm³/mol. The van der Waals surface area contributed by atoms with Gasteiger partial charge in [0.15, 0.2) is 0 Å². The van der Waals surface area contributed by atoms with Gasteiger partial charge in [-0.3, -0.25) is 0 Å². The number of halogens is 1. The van der Waals surface area contributed by atoms with Crippen molar-refractivity contribution in [2.75, 3.05) is 0 Å². The van der Waals surface area contributed by atoms with Gasteiger partial charge in [-0.15, -0.1) is 5.10 Å². The van der Waals surface area contributed by atoms with Gasteiger partial charge in [0.25, 0.3) is 0 Å². The zero-order valence-corrected chi connectivity index (χ0v) is 9.69. The highest BCUT2D eigenvalue weighted by Gasteiger charge is 2.10. The van der Waals surface area contributed by atoms with Crippen molar-refractivity contribution in [1.29, 1.82) is 0 Å². The molecule has 0 fully saturated rings. The molecule has 4 heteroatoms. The van der Waals surface area contributed by atoms with Gasteiger partial charge in [0.1, 0.15) is 4.60 Å². The molecular weight excluding hydrogens is 254 g/mol. The molecule has 2 heterocycles. The van der Waals surface area contributed by atoms with E-state index in [-0.39, 0.29) is 0 Å². The first kappa shape index (κ1) is 8.85. The Bertz CT molecular complexity index is 657. The summed E-state index contributed by atoms with van der Waals surface area (Å²) in [6.07, 6.45) is 1.79. The molecule has 0 atom stereocenters. The Balaban J connectivity index is 2.70. The van der Waals surface area contributed by atoms with Crippen LogP contribution in [0, 0.1) is 0 Å². The minimum atomic E-state index is 0.803. The largest absolute Gasteiger partial charge is 0.342 e. The van der Waals surface area contributed by atoms with Crippen LogP contribution in [0.15, 0.2) is 35.1 Å². The maximum absolute atomic E-state index is 4.02. The lowest BCUT2D eigenvalue weighted by Crippen LogP contribution is -1.88. The van der Waals surface area contributed by atoms with Crippen molar-refractivity contribution < 1.29 is 0 Å². The molecule has 3 nitrogen and oxygen atoms in total. The maximum Gasteiger partial charge on any atom is 0.138 e. The fraction of sp³-hybridized carbons (Fsp3) is 0.0909. The molecule has 0 unspecified atom stereocenters. The Morgan fingerprint density at radius 1 is 1.20 bits per heavy atom. The van der Waals surface area contributed by atoms with E-state index in [9.17, 15) is 0 Å². The van der Waals surface area contributed by atoms with E-state index in [2.05, 4.69) is 42.8 Å². The minimum absolute atomic E-state index is 0.803. The second kappa shape index (κ2) is 3.03. The van der Waals surface area contributed by atoms with E-state index in [0.29, 0.717) is 0 Å². The third-order valence-corrected chi connectivity index (χ3v) is 3.24. The Morgan fingerprint density at radius 3 is 2.87 bits per heavy atom. The number of rotatable bonds is 0. The topological polar surface area (TPSA) is 30.7 Å². The molecule has 2 aromatic heterocycles. The van der Waals surface area contributed by atoms with Crippen LogP contribution < -0.4 is 0 Å². The van der Waals surface area contributed by atoms with E-state index in [1.807, 2.05) is 19.2 Å². The molecule has 1 aromatic carbocycles. The monoisotopic (exact) mass is 261 g/mol. The summed E-state index contributed by atoms with van der Waals surface area (Å²) in [5, 5.41) is 10.3. The van der Waals surface area contributed by atoms with Crippen LogP contribution in [0.1, 0.15) is 0 Å². The summed E-state index contributed by atoms with van der Waals surface area (Å²) >= 11 is 3.44. The number of aryl methyl sites for hydroxylation is 1. The van der Waals surface area contributed by atoms with E-state index < -0.39 is 0 Å². The average molecular weight is 262 g/mol. The third kappa shape index (κ3) is 1.11. The molecule has 0 bridgehead atoms. The summed E-state index contributed by atoms with van der Waals surface area (Å²) in [5.41, 5.74) is 2.29. The van der Waals surface area contributed by atoms with Crippen molar-refractivity contribution in [2.24, 2.45) is 7.05 Å². The second-order valence-electron chi connectivity index (χ2n) is 3.47. The summed E-state index contributed by atoms with van der Waals surface area (Å²) in [4.78, 5) is 0. The van der Waals surface area contributed by atoms with Gasteiger partial charge in [0.2, 0.25) is 0 Å². The third-order valence-electron chi connectivity index (χ3n) is 2.68. The number of para-hydroxylation sites is 1. The van der Waals surface area contributed by atoms with Crippen molar-refractivity contribution >= 4 is 37.7 Å². The molecule has 0 N–H and O–H groups in total. The van der Waals surface area contributed by atoms with E-state index in [1.165, 1.54) is 10.9 Å². The van der Waals surface area contributed by atoms with Gasteiger partial charge in [-0.05, 0) is 22.0 Å². The van der Waals surface area contributed by atoms with Crippen LogP contribution in [0.3, 0.4) is 0 Å². The van der Waals surface area contributed by atoms with Gasteiger partial charge in [0, 0.05) is 23.3 Å². The summed E-state index contributed by atoms with van der Waals surface area (Å²) < 4.78 is 2.93. The van der Waals surface area contributed by atoms with Gasteiger partial charge in [-0.2, -0.15) is 5.10 Å². The highest BCUT2D eigenvalue weighted by atomic mass is 79.9. The highest BCUT2D eigenvalue weighted by Crippen LogP contribution is 2.31. The molecule has 0 saturated heterocycles. The molecule has 0 radical (unpaired) electrons. The fourth-order valence-corrected chi connectivity index (χ4v) is 2.47. The SMILES string of the molecule is Cn1c2ccccc2c2c(Br)nncc21. The molecule has 0 saturated carbocycles. The zero-order valence-electron chi connectivity index (χ0n) is 8.11. The Hall–Kier alpha value is -1.42. The normalized spacial score (nSPS) is 11.3. The lowest BCUT2D eigenvalue weighted by Gasteiger charge is -1.95. The lowest BCUT2D eigenvalue weighted by atomic mass is 10.2. The van der Waals surface area contributed by atoms with E-state index in [0.717, 1.165) is 15.5 Å². The number of fused-ring (bicyclic) bond motifs is 3. The van der Waals surface area contributed by atoms with E-state index in [4.69, 9.17) is 0 Å². The molecular formula is C11H8BrN3. The fourth-order valence-electron chi connectivity index (χ4n) is 1.97. The minimum Gasteiger partial charge on any atom is -0.342 e. The highest BCUT2D eigenvalue weighted by molar-refractivity contribution is 9.10. The number of nitrogens with zero attached hydrogens (tertiary/aromatic N) is 3. The first-order chi connectivity index (χ1) is 7.29. The number of benzene rings is 1.